The second kappa shape index (κ2) is 9.28. The summed E-state index contributed by atoms with van der Waals surface area (Å²) < 4.78 is 4.73. The van der Waals surface area contributed by atoms with Crippen LogP contribution in [0, 0.1) is 0 Å². The highest BCUT2D eigenvalue weighted by Gasteiger charge is 2.22. The van der Waals surface area contributed by atoms with E-state index < -0.39 is 12.0 Å². The number of ether oxygens (including phenoxy) is 1. The van der Waals surface area contributed by atoms with Crippen LogP contribution in [0.3, 0.4) is 0 Å². The summed E-state index contributed by atoms with van der Waals surface area (Å²) in [5, 5.41) is 2.72. The first-order valence-electron chi connectivity index (χ1n) is 6.70. The van der Waals surface area contributed by atoms with Crippen LogP contribution in [-0.4, -0.2) is 49.1 Å². The van der Waals surface area contributed by atoms with Gasteiger partial charge in [0.25, 0.3) is 0 Å². The van der Waals surface area contributed by atoms with Crippen molar-refractivity contribution in [1.82, 2.24) is 10.2 Å². The molecule has 0 unspecified atom stereocenters. The van der Waals surface area contributed by atoms with Gasteiger partial charge < -0.3 is 15.0 Å². The van der Waals surface area contributed by atoms with Crippen LogP contribution in [0.15, 0.2) is 30.3 Å². The van der Waals surface area contributed by atoms with Crippen LogP contribution in [0.1, 0.15) is 12.0 Å². The lowest BCUT2D eigenvalue weighted by molar-refractivity contribution is -0.142. The molecule has 1 atom stereocenters. The molecule has 0 radical (unpaired) electrons. The average Bonchev–Trinajstić information content (AvgIpc) is 2.51. The SMILES string of the molecule is COC(=O)[C@H](CCSC)NC(=O)N(C)Cc1ccccc1. The Labute approximate surface area is 130 Å². The van der Waals surface area contributed by atoms with E-state index in [1.807, 2.05) is 36.6 Å². The van der Waals surface area contributed by atoms with Crippen molar-refractivity contribution < 1.29 is 14.3 Å². The van der Waals surface area contributed by atoms with E-state index in [0.717, 1.165) is 11.3 Å². The van der Waals surface area contributed by atoms with Gasteiger partial charge in [0, 0.05) is 13.6 Å². The number of nitrogens with zero attached hydrogens (tertiary/aromatic N) is 1. The van der Waals surface area contributed by atoms with Crippen molar-refractivity contribution in [3.8, 4) is 0 Å². The molecule has 21 heavy (non-hydrogen) atoms. The van der Waals surface area contributed by atoms with Gasteiger partial charge in [-0.3, -0.25) is 0 Å². The van der Waals surface area contributed by atoms with Crippen LogP contribution in [-0.2, 0) is 16.1 Å². The Kier molecular flexibility index (Phi) is 7.68. The second-order valence-corrected chi connectivity index (χ2v) is 5.63. The fourth-order valence-electron chi connectivity index (χ4n) is 1.82. The molecule has 0 fully saturated rings. The minimum Gasteiger partial charge on any atom is -0.467 e. The predicted molar refractivity (Wildman–Crippen MR) is 85.2 cm³/mol. The fraction of sp³-hybridized carbons (Fsp3) is 0.467. The molecule has 0 aliphatic rings. The zero-order chi connectivity index (χ0) is 15.7. The first-order valence-corrected chi connectivity index (χ1v) is 8.10. The molecule has 2 amide bonds. The topological polar surface area (TPSA) is 58.6 Å². The molecule has 0 aromatic heterocycles. The number of amides is 2. The summed E-state index contributed by atoms with van der Waals surface area (Å²) in [5.74, 6) is 0.369. The number of hydrogen-bond donors (Lipinski definition) is 1. The van der Waals surface area contributed by atoms with E-state index in [9.17, 15) is 9.59 Å². The number of carbonyl (C=O) groups excluding carboxylic acids is 2. The molecule has 1 aromatic carbocycles. The second-order valence-electron chi connectivity index (χ2n) is 4.65. The van der Waals surface area contributed by atoms with Gasteiger partial charge in [-0.15, -0.1) is 0 Å². The fourth-order valence-corrected chi connectivity index (χ4v) is 2.29. The first kappa shape index (κ1) is 17.4. The summed E-state index contributed by atoms with van der Waals surface area (Å²) in [6.45, 7) is 0.489. The van der Waals surface area contributed by atoms with Crippen molar-refractivity contribution in [2.75, 3.05) is 26.2 Å². The Bertz CT molecular complexity index is 453. The summed E-state index contributed by atoms with van der Waals surface area (Å²) in [6.07, 6.45) is 2.51. The van der Waals surface area contributed by atoms with Crippen LogP contribution < -0.4 is 5.32 Å². The smallest absolute Gasteiger partial charge is 0.328 e. The third kappa shape index (κ3) is 6.08. The molecule has 0 aliphatic carbocycles. The van der Waals surface area contributed by atoms with Gasteiger partial charge in [0.2, 0.25) is 0 Å². The first-order chi connectivity index (χ1) is 10.1. The highest BCUT2D eigenvalue weighted by atomic mass is 32.2. The van der Waals surface area contributed by atoms with Crippen molar-refractivity contribution >= 4 is 23.8 Å². The van der Waals surface area contributed by atoms with Crippen molar-refractivity contribution in [1.29, 1.82) is 0 Å². The van der Waals surface area contributed by atoms with E-state index in [2.05, 4.69) is 5.32 Å². The van der Waals surface area contributed by atoms with Crippen LogP contribution >= 0.6 is 11.8 Å². The molecule has 0 aliphatic heterocycles. The maximum absolute atomic E-state index is 12.1. The number of rotatable bonds is 7. The minimum absolute atomic E-state index is 0.282. The normalized spacial score (nSPS) is 11.6. The number of thioether (sulfide) groups is 1. The largest absolute Gasteiger partial charge is 0.467 e. The standard InChI is InChI=1S/C15H22N2O3S/c1-17(11-12-7-5-4-6-8-12)15(19)16-13(9-10-21-3)14(18)20-2/h4-8,13H,9-11H2,1-3H3,(H,16,19)/t13-/m0/s1. The van der Waals surface area contributed by atoms with Gasteiger partial charge in [0.05, 0.1) is 7.11 Å². The number of nitrogens with one attached hydrogen (secondary N) is 1. The van der Waals surface area contributed by atoms with Crippen molar-refractivity contribution in [3.05, 3.63) is 35.9 Å². The molecule has 116 valence electrons. The molecule has 1 rings (SSSR count). The molecule has 0 bridgehead atoms. The Balaban J connectivity index is 2.57. The molecule has 0 saturated heterocycles. The number of urea groups is 1. The van der Waals surface area contributed by atoms with Crippen molar-refractivity contribution in [2.24, 2.45) is 0 Å². The lowest BCUT2D eigenvalue weighted by atomic mass is 10.2. The lowest BCUT2D eigenvalue weighted by Gasteiger charge is -2.22. The number of hydrogen-bond acceptors (Lipinski definition) is 4. The summed E-state index contributed by atoms with van der Waals surface area (Å²) in [6, 6.07) is 8.81. The summed E-state index contributed by atoms with van der Waals surface area (Å²) >= 11 is 1.62. The number of methoxy groups -OCH3 is 1. The highest BCUT2D eigenvalue weighted by molar-refractivity contribution is 7.98. The highest BCUT2D eigenvalue weighted by Crippen LogP contribution is 2.06. The van der Waals surface area contributed by atoms with Crippen LogP contribution in [0.5, 0.6) is 0 Å². The van der Waals surface area contributed by atoms with Gasteiger partial charge in [-0.05, 0) is 24.0 Å². The Morgan fingerprint density at radius 3 is 2.57 bits per heavy atom. The number of benzene rings is 1. The van der Waals surface area contributed by atoms with Gasteiger partial charge in [-0.25, -0.2) is 9.59 Å². The monoisotopic (exact) mass is 310 g/mol. The Morgan fingerprint density at radius 1 is 1.33 bits per heavy atom. The summed E-state index contributed by atoms with van der Waals surface area (Å²) in [4.78, 5) is 25.4. The Morgan fingerprint density at radius 2 is 2.00 bits per heavy atom. The molecule has 1 aromatic rings. The maximum atomic E-state index is 12.1. The van der Waals surface area contributed by atoms with E-state index in [0.29, 0.717) is 13.0 Å². The summed E-state index contributed by atoms with van der Waals surface area (Å²) in [5.41, 5.74) is 1.04. The minimum atomic E-state index is -0.604. The van der Waals surface area contributed by atoms with Crippen LogP contribution in [0.2, 0.25) is 0 Å². The van der Waals surface area contributed by atoms with Crippen LogP contribution in [0.4, 0.5) is 4.79 Å². The molecule has 0 heterocycles. The molecular formula is C15H22N2O3S. The van der Waals surface area contributed by atoms with Gasteiger partial charge in [0.1, 0.15) is 6.04 Å². The van der Waals surface area contributed by atoms with Gasteiger partial charge in [0.15, 0.2) is 0 Å². The van der Waals surface area contributed by atoms with Crippen LogP contribution in [0.25, 0.3) is 0 Å². The lowest BCUT2D eigenvalue weighted by Crippen LogP contribution is -2.47. The Hall–Kier alpha value is -1.69. The third-order valence-electron chi connectivity index (χ3n) is 3.00. The van der Waals surface area contributed by atoms with E-state index in [1.54, 1.807) is 23.7 Å². The molecule has 5 nitrogen and oxygen atoms in total. The van der Waals surface area contributed by atoms with E-state index in [1.165, 1.54) is 7.11 Å². The number of esters is 1. The van der Waals surface area contributed by atoms with Gasteiger partial charge in [-0.1, -0.05) is 30.3 Å². The molecule has 0 spiro atoms. The zero-order valence-electron chi connectivity index (χ0n) is 12.7. The van der Waals surface area contributed by atoms with Gasteiger partial charge >= 0.3 is 12.0 Å². The van der Waals surface area contributed by atoms with E-state index in [4.69, 9.17) is 4.74 Å². The summed E-state index contributed by atoms with van der Waals surface area (Å²) in [7, 11) is 3.03. The average molecular weight is 310 g/mol. The maximum Gasteiger partial charge on any atom is 0.328 e. The third-order valence-corrected chi connectivity index (χ3v) is 3.65. The molecule has 0 saturated carbocycles. The van der Waals surface area contributed by atoms with Crippen molar-refractivity contribution in [3.63, 3.8) is 0 Å². The van der Waals surface area contributed by atoms with E-state index in [-0.39, 0.29) is 6.03 Å². The van der Waals surface area contributed by atoms with E-state index >= 15 is 0 Å². The molecule has 6 heteroatoms. The zero-order valence-corrected chi connectivity index (χ0v) is 13.5. The predicted octanol–water partition coefficient (Wildman–Crippen LogP) is 2.12. The molecular weight excluding hydrogens is 288 g/mol. The van der Waals surface area contributed by atoms with Gasteiger partial charge in [-0.2, -0.15) is 11.8 Å². The quantitative estimate of drug-likeness (QED) is 0.784. The molecule has 1 N–H and O–H groups in total. The number of carbonyl (C=O) groups is 2. The van der Waals surface area contributed by atoms with Crippen molar-refractivity contribution in [2.45, 2.75) is 19.0 Å².